The van der Waals surface area contributed by atoms with E-state index in [1.54, 1.807) is 30.3 Å². The van der Waals surface area contributed by atoms with Crippen LogP contribution in [0, 0.1) is 5.82 Å². The largest absolute Gasteiger partial charge is 0.393 e. The summed E-state index contributed by atoms with van der Waals surface area (Å²) >= 11 is 0. The Morgan fingerprint density at radius 2 is 1.72 bits per heavy atom. The van der Waals surface area contributed by atoms with E-state index in [1.807, 2.05) is 0 Å². The summed E-state index contributed by atoms with van der Waals surface area (Å²) in [6.45, 7) is 0. The quantitative estimate of drug-likeness (QED) is 0.185. The minimum atomic E-state index is -4.55. The van der Waals surface area contributed by atoms with Gasteiger partial charge in [-0.05, 0) is 35.4 Å². The van der Waals surface area contributed by atoms with E-state index in [0.717, 1.165) is 22.9 Å². The summed E-state index contributed by atoms with van der Waals surface area (Å²) in [7, 11) is 1.38. The summed E-state index contributed by atoms with van der Waals surface area (Å²) in [5, 5.41) is 2.58. The minimum absolute atomic E-state index is 0.0185. The first-order valence-electron chi connectivity index (χ1n) is 13.1. The van der Waals surface area contributed by atoms with Crippen LogP contribution in [0.5, 0.6) is 0 Å². The van der Waals surface area contributed by atoms with E-state index < -0.39 is 48.6 Å². The van der Waals surface area contributed by atoms with Crippen molar-refractivity contribution in [3.63, 3.8) is 0 Å². The first kappa shape index (κ1) is 29.6. The van der Waals surface area contributed by atoms with Crippen LogP contribution >= 0.6 is 0 Å². The fourth-order valence-electron chi connectivity index (χ4n) is 5.08. The molecule has 1 amide bonds. The molecule has 5 rings (SSSR count). The Balaban J connectivity index is 1.62. The van der Waals surface area contributed by atoms with Crippen molar-refractivity contribution in [3.8, 4) is 22.4 Å². The molecule has 0 spiro atoms. The highest BCUT2D eigenvalue weighted by molar-refractivity contribution is 6.05. The zero-order valence-electron chi connectivity index (χ0n) is 22.6. The van der Waals surface area contributed by atoms with Gasteiger partial charge in [0.25, 0.3) is 5.56 Å². The number of anilines is 1. The van der Waals surface area contributed by atoms with Gasteiger partial charge in [-0.2, -0.15) is 13.2 Å². The lowest BCUT2D eigenvalue weighted by Gasteiger charge is -2.17. The van der Waals surface area contributed by atoms with Gasteiger partial charge in [-0.1, -0.05) is 42.5 Å². The maximum absolute atomic E-state index is 13.5. The highest BCUT2D eigenvalue weighted by atomic mass is 19.4. The third-order valence-electron chi connectivity index (χ3n) is 6.96. The Kier molecular flexibility index (Phi) is 8.12. The number of carbonyl (C=O) groups is 1. The number of fused-ring (bicyclic) bond motifs is 1. The molecule has 222 valence electrons. The molecule has 5 aromatic rings. The van der Waals surface area contributed by atoms with Gasteiger partial charge in [-0.3, -0.25) is 9.59 Å². The molecule has 0 aliphatic carbocycles. The molecule has 0 saturated heterocycles. The SMILES string of the molecule is Cn1cc(CC(F)(F)F)c2[nH]c(-c3ccnc(NC(=O)[C@@H](CC(F)F)c4ccc(F)cc4)c3)c(-c3ccccc3)c2c1=O. The number of nitrogens with one attached hydrogen (secondary N) is 2. The van der Waals surface area contributed by atoms with Gasteiger partial charge in [0.1, 0.15) is 11.6 Å². The van der Waals surface area contributed by atoms with Crippen molar-refractivity contribution in [2.45, 2.75) is 31.4 Å². The van der Waals surface area contributed by atoms with Crippen molar-refractivity contribution >= 4 is 22.6 Å². The summed E-state index contributed by atoms with van der Waals surface area (Å²) in [6, 6.07) is 16.2. The van der Waals surface area contributed by atoms with Crippen LogP contribution in [0.4, 0.5) is 32.2 Å². The van der Waals surface area contributed by atoms with Gasteiger partial charge in [0.2, 0.25) is 12.3 Å². The van der Waals surface area contributed by atoms with E-state index in [4.69, 9.17) is 0 Å². The van der Waals surface area contributed by atoms with Crippen LogP contribution in [-0.2, 0) is 18.3 Å². The number of rotatable bonds is 8. The summed E-state index contributed by atoms with van der Waals surface area (Å²) in [6.07, 6.45) is -6.99. The van der Waals surface area contributed by atoms with Crippen molar-refractivity contribution < 1.29 is 31.1 Å². The number of pyridine rings is 2. The number of aryl methyl sites for hydroxylation is 1. The molecule has 0 unspecified atom stereocenters. The number of aromatic nitrogens is 3. The Bertz CT molecular complexity index is 1830. The van der Waals surface area contributed by atoms with Gasteiger partial charge in [-0.15, -0.1) is 0 Å². The van der Waals surface area contributed by atoms with Gasteiger partial charge >= 0.3 is 6.18 Å². The number of hydrogen-bond acceptors (Lipinski definition) is 3. The van der Waals surface area contributed by atoms with E-state index in [2.05, 4.69) is 15.3 Å². The number of benzene rings is 2. The molecule has 1 atom stereocenters. The Morgan fingerprint density at radius 3 is 2.37 bits per heavy atom. The summed E-state index contributed by atoms with van der Waals surface area (Å²) < 4.78 is 81.7. The molecule has 2 aromatic carbocycles. The van der Waals surface area contributed by atoms with Gasteiger partial charge in [0, 0.05) is 42.6 Å². The second kappa shape index (κ2) is 11.8. The van der Waals surface area contributed by atoms with Gasteiger partial charge in [0.05, 0.1) is 28.9 Å². The molecular weight excluding hydrogens is 574 g/mol. The van der Waals surface area contributed by atoms with Crippen LogP contribution in [0.25, 0.3) is 33.3 Å². The Hall–Kier alpha value is -4.87. The van der Waals surface area contributed by atoms with Crippen LogP contribution in [0.15, 0.2) is 83.9 Å². The lowest BCUT2D eigenvalue weighted by Crippen LogP contribution is -2.23. The van der Waals surface area contributed by atoms with E-state index >= 15 is 0 Å². The van der Waals surface area contributed by atoms with Crippen molar-refractivity contribution in [3.05, 3.63) is 106 Å². The molecular formula is C31H24F6N4O2. The molecule has 3 aromatic heterocycles. The van der Waals surface area contributed by atoms with Gasteiger partial charge in [0.15, 0.2) is 0 Å². The van der Waals surface area contributed by atoms with Gasteiger partial charge in [-0.25, -0.2) is 18.2 Å². The molecule has 0 fully saturated rings. The molecule has 0 saturated carbocycles. The lowest BCUT2D eigenvalue weighted by molar-refractivity contribution is -0.127. The summed E-state index contributed by atoms with van der Waals surface area (Å²) in [5.41, 5.74) is 1.13. The number of alkyl halides is 5. The highest BCUT2D eigenvalue weighted by Crippen LogP contribution is 2.39. The topological polar surface area (TPSA) is 79.8 Å². The van der Waals surface area contributed by atoms with Crippen molar-refractivity contribution in [2.75, 3.05) is 5.32 Å². The third kappa shape index (κ3) is 6.47. The molecule has 3 heterocycles. The second-order valence-corrected chi connectivity index (χ2v) is 10.0. The predicted molar refractivity (Wildman–Crippen MR) is 150 cm³/mol. The average Bonchev–Trinajstić information content (AvgIpc) is 3.36. The molecule has 0 aliphatic heterocycles. The lowest BCUT2D eigenvalue weighted by atomic mass is 9.95. The standard InChI is InChI=1S/C31H24F6N4O2/c1-41-16-20(15-31(35,36)37)28-26(30(41)43)25(18-5-3-2-4-6-18)27(40-28)19-11-12-38-24(13-19)39-29(42)22(14-23(33)34)17-7-9-21(32)10-8-17/h2-13,16,22-23,40H,14-15H2,1H3,(H,38,39,42)/t22-/m0/s1. The van der Waals surface area contributed by atoms with Crippen molar-refractivity contribution in [2.24, 2.45) is 7.05 Å². The monoisotopic (exact) mass is 598 g/mol. The first-order chi connectivity index (χ1) is 20.4. The number of H-pyrrole nitrogens is 1. The van der Waals surface area contributed by atoms with E-state index in [-0.39, 0.29) is 27.8 Å². The number of halogens is 6. The second-order valence-electron chi connectivity index (χ2n) is 10.0. The van der Waals surface area contributed by atoms with Crippen LogP contribution < -0.4 is 10.9 Å². The zero-order chi connectivity index (χ0) is 30.9. The number of nitrogens with zero attached hydrogens (tertiary/aromatic N) is 2. The number of amides is 1. The fourth-order valence-corrected chi connectivity index (χ4v) is 5.08. The Morgan fingerprint density at radius 1 is 1.02 bits per heavy atom. The zero-order valence-corrected chi connectivity index (χ0v) is 22.6. The van der Waals surface area contributed by atoms with Crippen LogP contribution in [0.3, 0.4) is 0 Å². The summed E-state index contributed by atoms with van der Waals surface area (Å²) in [4.78, 5) is 33.6. The van der Waals surface area contributed by atoms with Crippen LogP contribution in [-0.4, -0.2) is 33.0 Å². The fraction of sp³-hybridized carbons (Fsp3) is 0.194. The number of carbonyl (C=O) groups excluding carboxylic acids is 1. The number of aromatic amines is 1. The molecule has 2 N–H and O–H groups in total. The molecule has 0 radical (unpaired) electrons. The molecule has 0 bridgehead atoms. The molecule has 6 nitrogen and oxygen atoms in total. The van der Waals surface area contributed by atoms with Gasteiger partial charge < -0.3 is 14.9 Å². The Labute approximate surface area is 241 Å². The highest BCUT2D eigenvalue weighted by Gasteiger charge is 2.31. The average molecular weight is 599 g/mol. The van der Waals surface area contributed by atoms with E-state index in [9.17, 15) is 35.9 Å². The van der Waals surface area contributed by atoms with Crippen LogP contribution in [0.1, 0.15) is 23.5 Å². The van der Waals surface area contributed by atoms with E-state index in [1.165, 1.54) is 37.5 Å². The van der Waals surface area contributed by atoms with Crippen LogP contribution in [0.2, 0.25) is 0 Å². The third-order valence-corrected chi connectivity index (χ3v) is 6.96. The maximum Gasteiger partial charge on any atom is 0.393 e. The maximum atomic E-state index is 13.5. The minimum Gasteiger partial charge on any atom is -0.354 e. The molecule has 0 aliphatic rings. The molecule has 43 heavy (non-hydrogen) atoms. The van der Waals surface area contributed by atoms with Crippen molar-refractivity contribution in [1.29, 1.82) is 0 Å². The van der Waals surface area contributed by atoms with E-state index in [0.29, 0.717) is 22.4 Å². The first-order valence-corrected chi connectivity index (χ1v) is 13.1. The van der Waals surface area contributed by atoms with Crippen molar-refractivity contribution in [1.82, 2.24) is 14.5 Å². The summed E-state index contributed by atoms with van der Waals surface area (Å²) in [5.74, 6) is -2.73. The number of hydrogen-bond donors (Lipinski definition) is 2. The predicted octanol–water partition coefficient (Wildman–Crippen LogP) is 7.22. The normalized spacial score (nSPS) is 12.6. The molecule has 12 heteroatoms. The smallest absolute Gasteiger partial charge is 0.354 e.